The molecule has 2 N–H and O–H groups in total. The Hall–Kier alpha value is -2.92. The number of Topliss-reactive ketones (excluding diaryl/α,β-unsaturated/α-hetero) is 1. The molecule has 1 aliphatic carbocycles. The maximum atomic E-state index is 13.1. The van der Waals surface area contributed by atoms with E-state index in [2.05, 4.69) is 61.4 Å². The van der Waals surface area contributed by atoms with E-state index in [1.807, 2.05) is 25.1 Å². The summed E-state index contributed by atoms with van der Waals surface area (Å²) < 4.78 is 2.15. The Balaban J connectivity index is 0.00000272. The Labute approximate surface area is 190 Å². The minimum absolute atomic E-state index is 0. The molecular weight excluding hydrogens is 408 g/mol. The van der Waals surface area contributed by atoms with E-state index in [-0.39, 0.29) is 24.1 Å². The number of hydrogen-bond donors (Lipinski definition) is 1. The number of ketones is 1. The van der Waals surface area contributed by atoms with Gasteiger partial charge in [-0.2, -0.15) is 0 Å². The molecule has 1 atom stereocenters. The number of carbonyl (C=O) groups excluding carboxylic acids is 1. The van der Waals surface area contributed by atoms with Crippen molar-refractivity contribution in [1.29, 1.82) is 0 Å². The topological polar surface area (TPSA) is 63.1 Å². The van der Waals surface area contributed by atoms with Gasteiger partial charge < -0.3 is 23.0 Å². The first-order chi connectivity index (χ1) is 14.4. The molecule has 3 aromatic rings. The summed E-state index contributed by atoms with van der Waals surface area (Å²) in [6.45, 7) is 12.2. The summed E-state index contributed by atoms with van der Waals surface area (Å²) in [6, 6.07) is 12.5. The molecule has 2 aromatic carbocycles. The van der Waals surface area contributed by atoms with Crippen LogP contribution in [-0.4, -0.2) is 23.9 Å². The first-order valence-corrected chi connectivity index (χ1v) is 10.6. The van der Waals surface area contributed by atoms with E-state index in [1.54, 1.807) is 0 Å². The minimum Gasteiger partial charge on any atom is -1.00 e. The number of fused-ring (bicyclic) bond motifs is 2. The maximum Gasteiger partial charge on any atom is 0.243 e. The van der Waals surface area contributed by atoms with E-state index in [9.17, 15) is 4.79 Å². The van der Waals surface area contributed by atoms with Crippen LogP contribution < -0.4 is 27.6 Å². The van der Waals surface area contributed by atoms with Crippen molar-refractivity contribution in [3.05, 3.63) is 64.6 Å². The first-order valence-electron chi connectivity index (χ1n) is 10.6. The molecule has 0 saturated heterocycles. The largest absolute Gasteiger partial charge is 1.00 e. The van der Waals surface area contributed by atoms with Gasteiger partial charge in [0.05, 0.1) is 5.92 Å². The van der Waals surface area contributed by atoms with Gasteiger partial charge in [0.15, 0.2) is 11.5 Å². The van der Waals surface area contributed by atoms with E-state index < -0.39 is 0 Å². The summed E-state index contributed by atoms with van der Waals surface area (Å²) in [4.78, 5) is 20.2. The van der Waals surface area contributed by atoms with Gasteiger partial charge in [-0.05, 0) is 46.2 Å². The number of anilines is 1. The third kappa shape index (κ3) is 3.68. The van der Waals surface area contributed by atoms with Crippen LogP contribution in [-0.2, 0) is 0 Å². The van der Waals surface area contributed by atoms with Crippen molar-refractivity contribution in [1.82, 2.24) is 4.98 Å². The lowest BCUT2D eigenvalue weighted by molar-refractivity contribution is -0.570. The van der Waals surface area contributed by atoms with Gasteiger partial charge in [-0.15, -0.1) is 4.57 Å². The van der Waals surface area contributed by atoms with Crippen LogP contribution in [0.2, 0.25) is 0 Å². The van der Waals surface area contributed by atoms with Crippen molar-refractivity contribution in [2.75, 3.05) is 18.0 Å². The van der Waals surface area contributed by atoms with Gasteiger partial charge in [-0.3, -0.25) is 4.79 Å². The molecule has 0 amide bonds. The quantitative estimate of drug-likeness (QED) is 0.622. The zero-order valence-corrected chi connectivity index (χ0v) is 19.5. The van der Waals surface area contributed by atoms with Gasteiger partial charge in [-0.1, -0.05) is 18.2 Å². The normalized spacial score (nSPS) is 15.3. The number of aryl methyl sites for hydroxylation is 2. The number of aromatic nitrogens is 2. The van der Waals surface area contributed by atoms with E-state index in [0.29, 0.717) is 11.4 Å². The second-order valence-corrected chi connectivity index (χ2v) is 8.00. The van der Waals surface area contributed by atoms with Crippen molar-refractivity contribution in [3.63, 3.8) is 0 Å². The predicted octanol–water partition coefficient (Wildman–Crippen LogP) is 1.11. The first kappa shape index (κ1) is 22.8. The average Bonchev–Trinajstić information content (AvgIpc) is 2.73. The fraction of sp³-hybridized carbons (Fsp3) is 0.320. The molecule has 0 aliphatic heterocycles. The zero-order chi connectivity index (χ0) is 21.6. The second kappa shape index (κ2) is 8.67. The Kier molecular flexibility index (Phi) is 6.37. The van der Waals surface area contributed by atoms with E-state index in [1.165, 1.54) is 5.69 Å². The molecular formula is C25H29ClN4O. The highest BCUT2D eigenvalue weighted by Gasteiger charge is 2.35. The highest BCUT2D eigenvalue weighted by atomic mass is 35.5. The molecule has 1 unspecified atom stereocenters. The maximum absolute atomic E-state index is 13.1. The van der Waals surface area contributed by atoms with Crippen LogP contribution in [0, 0.1) is 19.8 Å². The van der Waals surface area contributed by atoms with Gasteiger partial charge in [0.2, 0.25) is 16.9 Å². The van der Waals surface area contributed by atoms with Crippen LogP contribution in [0.4, 0.5) is 5.69 Å². The molecule has 1 aliphatic rings. The number of benzene rings is 2. The number of nitrogens with two attached hydrogens (primary N) is 1. The highest BCUT2D eigenvalue weighted by Crippen LogP contribution is 2.30. The van der Waals surface area contributed by atoms with Gasteiger partial charge in [0, 0.05) is 48.2 Å². The lowest BCUT2D eigenvalue weighted by atomic mass is 9.92. The third-order valence-electron chi connectivity index (χ3n) is 6.14. The van der Waals surface area contributed by atoms with Crippen molar-refractivity contribution in [2.45, 2.75) is 34.6 Å². The summed E-state index contributed by atoms with van der Waals surface area (Å²) in [7, 11) is 0. The SMILES string of the molecule is CCN(CC)c1cc2c(cc1C)nc1c([n+]2-c2ccccc2C)C=C(N)C(C)C1=O.[Cl-]. The summed E-state index contributed by atoms with van der Waals surface area (Å²) in [5, 5.41) is 0. The van der Waals surface area contributed by atoms with E-state index in [4.69, 9.17) is 10.7 Å². The van der Waals surface area contributed by atoms with Crippen LogP contribution in [0.3, 0.4) is 0 Å². The van der Waals surface area contributed by atoms with Crippen LogP contribution >= 0.6 is 0 Å². The number of halogens is 1. The molecule has 5 nitrogen and oxygen atoms in total. The number of para-hydroxylation sites is 1. The molecule has 1 aromatic heterocycles. The van der Waals surface area contributed by atoms with Gasteiger partial charge in [0.25, 0.3) is 0 Å². The van der Waals surface area contributed by atoms with Crippen molar-refractivity contribution >= 4 is 28.6 Å². The zero-order valence-electron chi connectivity index (χ0n) is 18.7. The minimum atomic E-state index is -0.358. The molecule has 0 spiro atoms. The Morgan fingerprint density at radius 3 is 2.42 bits per heavy atom. The summed E-state index contributed by atoms with van der Waals surface area (Å²) in [6.07, 6.45) is 1.91. The molecule has 0 bridgehead atoms. The molecule has 4 rings (SSSR count). The average molecular weight is 437 g/mol. The third-order valence-corrected chi connectivity index (χ3v) is 6.14. The van der Waals surface area contributed by atoms with Gasteiger partial charge in [-0.25, -0.2) is 4.98 Å². The number of nitrogens with zero attached hydrogens (tertiary/aromatic N) is 3. The van der Waals surface area contributed by atoms with E-state index >= 15 is 0 Å². The Morgan fingerprint density at radius 1 is 1.10 bits per heavy atom. The Bertz CT molecular complexity index is 1200. The number of allylic oxidation sites excluding steroid dienone is 1. The standard InChI is InChI=1S/C25H28N4O.ClH/c1-6-28(7-2)21-14-22-19(12-16(21)4)27-24-23(13-18(26)17(5)25(24)30)29(22)20-11-9-8-10-15(20)3;/h8-14,17,26H,6-7H2,1-5H3;1H. The fourth-order valence-corrected chi connectivity index (χ4v) is 4.28. The van der Waals surface area contributed by atoms with Gasteiger partial charge >= 0.3 is 0 Å². The van der Waals surface area contributed by atoms with Crippen LogP contribution in [0.5, 0.6) is 0 Å². The van der Waals surface area contributed by atoms with Crippen molar-refractivity contribution in [2.24, 2.45) is 11.7 Å². The number of carbonyl (C=O) groups is 1. The molecule has 0 saturated carbocycles. The molecule has 1 heterocycles. The highest BCUT2D eigenvalue weighted by molar-refractivity contribution is 6.03. The lowest BCUT2D eigenvalue weighted by Crippen LogP contribution is -3.00. The number of hydrogen-bond acceptors (Lipinski definition) is 4. The second-order valence-electron chi connectivity index (χ2n) is 8.00. The van der Waals surface area contributed by atoms with Crippen LogP contribution in [0.25, 0.3) is 22.8 Å². The molecule has 0 fully saturated rings. The summed E-state index contributed by atoms with van der Waals surface area (Å²) >= 11 is 0. The van der Waals surface area contributed by atoms with Gasteiger partial charge in [0.1, 0.15) is 5.52 Å². The molecule has 162 valence electrons. The van der Waals surface area contributed by atoms with Crippen molar-refractivity contribution in [3.8, 4) is 5.69 Å². The smallest absolute Gasteiger partial charge is 0.243 e. The monoisotopic (exact) mass is 436 g/mol. The predicted molar refractivity (Wildman–Crippen MR) is 122 cm³/mol. The van der Waals surface area contributed by atoms with E-state index in [0.717, 1.165) is 46.6 Å². The summed E-state index contributed by atoms with van der Waals surface area (Å²) in [5.74, 6) is -0.386. The van der Waals surface area contributed by atoms with Crippen LogP contribution in [0.15, 0.2) is 42.1 Å². The molecule has 31 heavy (non-hydrogen) atoms. The molecule has 0 radical (unpaired) electrons. The van der Waals surface area contributed by atoms with Crippen molar-refractivity contribution < 1.29 is 21.8 Å². The fourth-order valence-electron chi connectivity index (χ4n) is 4.28. The molecule has 6 heteroatoms. The number of rotatable bonds is 4. The Morgan fingerprint density at radius 2 is 1.77 bits per heavy atom. The lowest BCUT2D eigenvalue weighted by Gasteiger charge is -2.24. The van der Waals surface area contributed by atoms with Crippen LogP contribution in [0.1, 0.15) is 48.1 Å². The summed E-state index contributed by atoms with van der Waals surface area (Å²) in [5.41, 5.74) is 14.4.